The van der Waals surface area contributed by atoms with Gasteiger partial charge in [-0.3, -0.25) is 4.98 Å². The lowest BCUT2D eigenvalue weighted by Crippen LogP contribution is -2.10. The minimum absolute atomic E-state index is 0.0974. The first kappa shape index (κ1) is 14.2. The Kier molecular flexibility index (Phi) is 4.87. The minimum Gasteiger partial charge on any atom is -0.475 e. The van der Waals surface area contributed by atoms with E-state index in [1.807, 2.05) is 19.9 Å². The maximum Gasteiger partial charge on any atom is 0.226 e. The Bertz CT molecular complexity index is 557. The van der Waals surface area contributed by atoms with Crippen molar-refractivity contribution in [1.82, 2.24) is 15.0 Å². The summed E-state index contributed by atoms with van der Waals surface area (Å²) in [5.41, 5.74) is 2.25. The molecule has 5 heteroatoms. The van der Waals surface area contributed by atoms with Gasteiger partial charge in [-0.25, -0.2) is 4.98 Å². The first-order chi connectivity index (χ1) is 9.69. The highest BCUT2D eigenvalue weighted by atomic mass is 16.5. The summed E-state index contributed by atoms with van der Waals surface area (Å²) in [4.78, 5) is 12.9. The highest BCUT2D eigenvalue weighted by molar-refractivity contribution is 5.30. The summed E-state index contributed by atoms with van der Waals surface area (Å²) in [7, 11) is 0. The molecule has 2 aromatic heterocycles. The van der Waals surface area contributed by atoms with Crippen molar-refractivity contribution in [3.05, 3.63) is 41.9 Å². The third-order valence-corrected chi connectivity index (χ3v) is 2.77. The van der Waals surface area contributed by atoms with Crippen LogP contribution in [-0.2, 0) is 13.0 Å². The fraction of sp³-hybridized carbons (Fsp3) is 0.400. The molecule has 0 saturated heterocycles. The Labute approximate surface area is 119 Å². The molecule has 20 heavy (non-hydrogen) atoms. The molecule has 0 saturated carbocycles. The molecule has 0 spiro atoms. The van der Waals surface area contributed by atoms with E-state index in [0.717, 1.165) is 12.1 Å². The molecule has 0 aromatic carbocycles. The summed E-state index contributed by atoms with van der Waals surface area (Å²) in [5, 5.41) is 3.18. The smallest absolute Gasteiger partial charge is 0.226 e. The molecular formula is C15H20N4O. The summed E-state index contributed by atoms with van der Waals surface area (Å²) in [6.07, 6.45) is 4.55. The first-order valence-corrected chi connectivity index (χ1v) is 6.85. The molecule has 0 bridgehead atoms. The van der Waals surface area contributed by atoms with Crippen LogP contribution >= 0.6 is 0 Å². The zero-order valence-electron chi connectivity index (χ0n) is 12.1. The van der Waals surface area contributed by atoms with Crippen LogP contribution in [0.15, 0.2) is 30.6 Å². The van der Waals surface area contributed by atoms with Crippen LogP contribution in [0.4, 0.5) is 5.95 Å². The number of rotatable bonds is 6. The van der Waals surface area contributed by atoms with E-state index in [1.54, 1.807) is 18.5 Å². The van der Waals surface area contributed by atoms with Gasteiger partial charge in [0, 0.05) is 18.5 Å². The van der Waals surface area contributed by atoms with Crippen LogP contribution in [0.2, 0.25) is 0 Å². The number of aryl methyl sites for hydroxylation is 1. The number of aromatic nitrogens is 3. The average Bonchev–Trinajstić information content (AvgIpc) is 2.45. The zero-order chi connectivity index (χ0) is 14.4. The summed E-state index contributed by atoms with van der Waals surface area (Å²) >= 11 is 0. The summed E-state index contributed by atoms with van der Waals surface area (Å²) in [5.74, 6) is 1.13. The van der Waals surface area contributed by atoms with E-state index in [9.17, 15) is 0 Å². The Morgan fingerprint density at radius 3 is 2.80 bits per heavy atom. The lowest BCUT2D eigenvalue weighted by atomic mass is 10.1. The van der Waals surface area contributed by atoms with Crippen LogP contribution in [0.3, 0.4) is 0 Å². The number of ether oxygens (including phenoxy) is 1. The van der Waals surface area contributed by atoms with E-state index in [-0.39, 0.29) is 6.10 Å². The summed E-state index contributed by atoms with van der Waals surface area (Å²) in [6, 6.07) is 5.79. The van der Waals surface area contributed by atoms with Crippen molar-refractivity contribution in [2.45, 2.75) is 39.8 Å². The molecule has 1 N–H and O–H groups in total. The molecule has 0 aliphatic carbocycles. The molecule has 0 fully saturated rings. The molecule has 0 aliphatic heterocycles. The van der Waals surface area contributed by atoms with E-state index < -0.39 is 0 Å². The second-order valence-electron chi connectivity index (χ2n) is 4.70. The monoisotopic (exact) mass is 272 g/mol. The van der Waals surface area contributed by atoms with Gasteiger partial charge in [0.25, 0.3) is 0 Å². The second kappa shape index (κ2) is 6.84. The predicted octanol–water partition coefficient (Wildman–Crippen LogP) is 2.83. The highest BCUT2D eigenvalue weighted by Crippen LogP contribution is 2.12. The van der Waals surface area contributed by atoms with Gasteiger partial charge in [-0.2, -0.15) is 4.98 Å². The van der Waals surface area contributed by atoms with Gasteiger partial charge in [-0.05, 0) is 31.9 Å². The van der Waals surface area contributed by atoms with Gasteiger partial charge in [-0.15, -0.1) is 0 Å². The summed E-state index contributed by atoms with van der Waals surface area (Å²) in [6.45, 7) is 6.66. The molecule has 0 unspecified atom stereocenters. The van der Waals surface area contributed by atoms with E-state index in [1.165, 1.54) is 5.56 Å². The lowest BCUT2D eigenvalue weighted by molar-refractivity contribution is 0.232. The molecule has 0 radical (unpaired) electrons. The van der Waals surface area contributed by atoms with E-state index in [0.29, 0.717) is 18.4 Å². The van der Waals surface area contributed by atoms with Crippen LogP contribution in [0.25, 0.3) is 0 Å². The van der Waals surface area contributed by atoms with Crippen molar-refractivity contribution in [3.8, 4) is 5.88 Å². The largest absolute Gasteiger partial charge is 0.475 e. The molecule has 2 aromatic rings. The number of pyridine rings is 1. The maximum atomic E-state index is 5.55. The molecule has 0 aliphatic rings. The molecule has 5 nitrogen and oxygen atoms in total. The zero-order valence-corrected chi connectivity index (χ0v) is 12.1. The van der Waals surface area contributed by atoms with Crippen LogP contribution in [0.5, 0.6) is 5.88 Å². The number of hydrogen-bond acceptors (Lipinski definition) is 5. The minimum atomic E-state index is 0.0974. The van der Waals surface area contributed by atoms with Crippen LogP contribution in [0.1, 0.15) is 32.0 Å². The van der Waals surface area contributed by atoms with Crippen molar-refractivity contribution in [3.63, 3.8) is 0 Å². The standard InChI is InChI=1S/C15H20N4O/c1-4-12-6-5-8-16-13(12)10-18-15-17-9-7-14(19-15)20-11(2)3/h5-9,11H,4,10H2,1-3H3,(H,17,18,19). The van der Waals surface area contributed by atoms with Gasteiger partial charge < -0.3 is 10.1 Å². The topological polar surface area (TPSA) is 59.9 Å². The summed E-state index contributed by atoms with van der Waals surface area (Å²) < 4.78 is 5.55. The fourth-order valence-corrected chi connectivity index (χ4v) is 1.85. The number of nitrogens with zero attached hydrogens (tertiary/aromatic N) is 3. The van der Waals surface area contributed by atoms with Crippen LogP contribution in [-0.4, -0.2) is 21.1 Å². The average molecular weight is 272 g/mol. The number of hydrogen-bond donors (Lipinski definition) is 1. The van der Waals surface area contributed by atoms with E-state index in [4.69, 9.17) is 4.74 Å². The molecular weight excluding hydrogens is 252 g/mol. The number of anilines is 1. The van der Waals surface area contributed by atoms with Crippen LogP contribution < -0.4 is 10.1 Å². The van der Waals surface area contributed by atoms with Crippen molar-refractivity contribution in [2.24, 2.45) is 0 Å². The van der Waals surface area contributed by atoms with Gasteiger partial charge in [0.1, 0.15) is 0 Å². The third kappa shape index (κ3) is 3.91. The molecule has 2 heterocycles. The quantitative estimate of drug-likeness (QED) is 0.876. The Morgan fingerprint density at radius 1 is 1.20 bits per heavy atom. The normalized spacial score (nSPS) is 10.6. The van der Waals surface area contributed by atoms with Gasteiger partial charge in [0.2, 0.25) is 11.8 Å². The SMILES string of the molecule is CCc1cccnc1CNc1nccc(OC(C)C)n1. The molecule has 106 valence electrons. The maximum absolute atomic E-state index is 5.55. The Morgan fingerprint density at radius 2 is 2.05 bits per heavy atom. The van der Waals surface area contributed by atoms with E-state index >= 15 is 0 Å². The fourth-order valence-electron chi connectivity index (χ4n) is 1.85. The number of nitrogens with one attached hydrogen (secondary N) is 1. The van der Waals surface area contributed by atoms with Crippen molar-refractivity contribution in [2.75, 3.05) is 5.32 Å². The second-order valence-corrected chi connectivity index (χ2v) is 4.70. The Balaban J connectivity index is 2.03. The van der Waals surface area contributed by atoms with Crippen LogP contribution in [0, 0.1) is 0 Å². The van der Waals surface area contributed by atoms with Gasteiger partial charge in [0.05, 0.1) is 18.3 Å². The lowest BCUT2D eigenvalue weighted by Gasteiger charge is -2.11. The van der Waals surface area contributed by atoms with Gasteiger partial charge >= 0.3 is 0 Å². The molecule has 0 amide bonds. The Hall–Kier alpha value is -2.17. The molecule has 0 atom stereocenters. The first-order valence-electron chi connectivity index (χ1n) is 6.85. The van der Waals surface area contributed by atoms with Crippen molar-refractivity contribution in [1.29, 1.82) is 0 Å². The van der Waals surface area contributed by atoms with Gasteiger partial charge in [-0.1, -0.05) is 13.0 Å². The third-order valence-electron chi connectivity index (χ3n) is 2.77. The van der Waals surface area contributed by atoms with Crippen molar-refractivity contribution < 1.29 is 4.74 Å². The van der Waals surface area contributed by atoms with Gasteiger partial charge in [0.15, 0.2) is 0 Å². The van der Waals surface area contributed by atoms with E-state index in [2.05, 4.69) is 33.3 Å². The van der Waals surface area contributed by atoms with Crippen molar-refractivity contribution >= 4 is 5.95 Å². The predicted molar refractivity (Wildman–Crippen MR) is 78.7 cm³/mol. The highest BCUT2D eigenvalue weighted by Gasteiger charge is 2.04. The molecule has 2 rings (SSSR count).